The summed E-state index contributed by atoms with van der Waals surface area (Å²) in [6.07, 6.45) is 1.86. The van der Waals surface area contributed by atoms with Crippen molar-refractivity contribution in [1.29, 1.82) is 0 Å². The van der Waals surface area contributed by atoms with E-state index in [1.807, 2.05) is 18.4 Å². The number of hydrogen-bond donors (Lipinski definition) is 2. The van der Waals surface area contributed by atoms with Crippen molar-refractivity contribution in [3.63, 3.8) is 0 Å². The van der Waals surface area contributed by atoms with Crippen LogP contribution in [0.15, 0.2) is 52.3 Å². The molecule has 2 N–H and O–H groups in total. The number of benzene rings is 2. The van der Waals surface area contributed by atoms with Gasteiger partial charge in [0.15, 0.2) is 0 Å². The van der Waals surface area contributed by atoms with Crippen LogP contribution in [-0.2, 0) is 21.4 Å². The van der Waals surface area contributed by atoms with Crippen LogP contribution >= 0.6 is 11.8 Å². The summed E-state index contributed by atoms with van der Waals surface area (Å²) >= 11 is 1.43. The highest BCUT2D eigenvalue weighted by Crippen LogP contribution is 2.28. The maximum Gasteiger partial charge on any atom is 0.240 e. The molecule has 2 rings (SSSR count). The molecule has 2 aromatic rings. The molecule has 25 heavy (non-hydrogen) atoms. The van der Waals surface area contributed by atoms with Gasteiger partial charge in [-0.15, -0.1) is 11.8 Å². The standard InChI is InChI=1S/C17H20N2O4S2/c1-12(20)19-15-10-14(8-9-17(15)24-3)25(21,22)18-11-13-6-4-5-7-16(13)23-2/h4-10,18H,11H2,1-3H3,(H,19,20). The summed E-state index contributed by atoms with van der Waals surface area (Å²) in [6, 6.07) is 11.8. The fourth-order valence-corrected chi connectivity index (χ4v) is 3.81. The average molecular weight is 380 g/mol. The van der Waals surface area contributed by atoms with Crippen LogP contribution < -0.4 is 14.8 Å². The molecule has 0 spiro atoms. The van der Waals surface area contributed by atoms with Crippen LogP contribution in [-0.4, -0.2) is 27.7 Å². The number of carbonyl (C=O) groups excluding carboxylic acids is 1. The first kappa shape index (κ1) is 19.3. The molecule has 2 aromatic carbocycles. The lowest BCUT2D eigenvalue weighted by atomic mass is 10.2. The zero-order chi connectivity index (χ0) is 18.4. The molecule has 0 saturated carbocycles. The Kier molecular flexibility index (Phi) is 6.46. The molecule has 0 aromatic heterocycles. The van der Waals surface area contributed by atoms with E-state index in [1.165, 1.54) is 37.9 Å². The SMILES string of the molecule is COc1ccccc1CNS(=O)(=O)c1ccc(SC)c(NC(C)=O)c1. The Morgan fingerprint density at radius 2 is 1.92 bits per heavy atom. The number of rotatable bonds is 7. The second-order valence-electron chi connectivity index (χ2n) is 5.18. The predicted octanol–water partition coefficient (Wildman–Crippen LogP) is 2.85. The number of amides is 1. The van der Waals surface area contributed by atoms with Crippen LogP contribution in [0, 0.1) is 0 Å². The van der Waals surface area contributed by atoms with Crippen LogP contribution in [0.2, 0.25) is 0 Å². The predicted molar refractivity (Wildman–Crippen MR) is 99.5 cm³/mol. The molecule has 0 aliphatic heterocycles. The maximum absolute atomic E-state index is 12.6. The monoisotopic (exact) mass is 380 g/mol. The van der Waals surface area contributed by atoms with Crippen molar-refractivity contribution in [3.05, 3.63) is 48.0 Å². The molecule has 0 unspecified atom stereocenters. The number of thioether (sulfide) groups is 1. The molecular weight excluding hydrogens is 360 g/mol. The van der Waals surface area contributed by atoms with E-state index >= 15 is 0 Å². The molecule has 0 fully saturated rings. The maximum atomic E-state index is 12.6. The fraction of sp³-hybridized carbons (Fsp3) is 0.235. The molecular formula is C17H20N2O4S2. The van der Waals surface area contributed by atoms with Crippen molar-refractivity contribution in [1.82, 2.24) is 4.72 Å². The molecule has 0 radical (unpaired) electrons. The minimum absolute atomic E-state index is 0.0870. The quantitative estimate of drug-likeness (QED) is 0.722. The van der Waals surface area contributed by atoms with Crippen molar-refractivity contribution in [2.45, 2.75) is 23.3 Å². The van der Waals surface area contributed by atoms with E-state index in [9.17, 15) is 13.2 Å². The van der Waals surface area contributed by atoms with Crippen molar-refractivity contribution < 1.29 is 17.9 Å². The van der Waals surface area contributed by atoms with Gasteiger partial charge in [-0.3, -0.25) is 4.79 Å². The van der Waals surface area contributed by atoms with Gasteiger partial charge in [-0.1, -0.05) is 18.2 Å². The van der Waals surface area contributed by atoms with Gasteiger partial charge in [0.2, 0.25) is 15.9 Å². The third-order valence-corrected chi connectivity index (χ3v) is 5.63. The first-order valence-corrected chi connectivity index (χ1v) is 10.2. The minimum Gasteiger partial charge on any atom is -0.496 e. The van der Waals surface area contributed by atoms with E-state index in [-0.39, 0.29) is 17.3 Å². The Balaban J connectivity index is 2.25. The summed E-state index contributed by atoms with van der Waals surface area (Å²) in [4.78, 5) is 12.2. The van der Waals surface area contributed by atoms with Crippen molar-refractivity contribution in [2.75, 3.05) is 18.7 Å². The average Bonchev–Trinajstić information content (AvgIpc) is 2.59. The zero-order valence-corrected chi connectivity index (χ0v) is 15.8. The van der Waals surface area contributed by atoms with E-state index in [4.69, 9.17) is 4.74 Å². The normalized spacial score (nSPS) is 11.2. The van der Waals surface area contributed by atoms with E-state index in [2.05, 4.69) is 10.0 Å². The molecule has 0 saturated heterocycles. The van der Waals surface area contributed by atoms with Gasteiger partial charge in [0.05, 0.1) is 17.7 Å². The van der Waals surface area contributed by atoms with Crippen LogP contribution in [0.1, 0.15) is 12.5 Å². The zero-order valence-electron chi connectivity index (χ0n) is 14.2. The van der Waals surface area contributed by atoms with E-state index in [1.54, 1.807) is 18.2 Å². The number of sulfonamides is 1. The lowest BCUT2D eigenvalue weighted by Crippen LogP contribution is -2.23. The van der Waals surface area contributed by atoms with Gasteiger partial charge in [-0.05, 0) is 30.5 Å². The summed E-state index contributed by atoms with van der Waals surface area (Å²) < 4.78 is 32.9. The largest absolute Gasteiger partial charge is 0.496 e. The molecule has 8 heteroatoms. The molecule has 0 aliphatic carbocycles. The third-order valence-electron chi connectivity index (χ3n) is 3.44. The van der Waals surface area contributed by atoms with Gasteiger partial charge in [-0.25, -0.2) is 13.1 Å². The molecule has 0 heterocycles. The Bertz CT molecular complexity index is 867. The van der Waals surface area contributed by atoms with Gasteiger partial charge in [0.25, 0.3) is 0 Å². The molecule has 0 bridgehead atoms. The van der Waals surface area contributed by atoms with Crippen LogP contribution in [0.4, 0.5) is 5.69 Å². The second-order valence-corrected chi connectivity index (χ2v) is 7.79. The first-order chi connectivity index (χ1) is 11.9. The summed E-state index contributed by atoms with van der Waals surface area (Å²) in [5.74, 6) is 0.355. The number of nitrogens with one attached hydrogen (secondary N) is 2. The number of carbonyl (C=O) groups is 1. The Labute approximate surface area is 152 Å². The highest BCUT2D eigenvalue weighted by atomic mass is 32.2. The Hall–Kier alpha value is -2.03. The smallest absolute Gasteiger partial charge is 0.240 e. The lowest BCUT2D eigenvalue weighted by molar-refractivity contribution is -0.114. The summed E-state index contributed by atoms with van der Waals surface area (Å²) in [6.45, 7) is 1.48. The van der Waals surface area contributed by atoms with Crippen LogP contribution in [0.3, 0.4) is 0 Å². The molecule has 0 aliphatic rings. The van der Waals surface area contributed by atoms with E-state index < -0.39 is 10.0 Å². The minimum atomic E-state index is -3.73. The van der Waals surface area contributed by atoms with Gasteiger partial charge in [0.1, 0.15) is 5.75 Å². The molecule has 6 nitrogen and oxygen atoms in total. The summed E-state index contributed by atoms with van der Waals surface area (Å²) in [5.41, 5.74) is 1.21. The van der Waals surface area contributed by atoms with Gasteiger partial charge < -0.3 is 10.1 Å². The highest BCUT2D eigenvalue weighted by molar-refractivity contribution is 7.98. The second kappa shape index (κ2) is 8.37. The summed E-state index contributed by atoms with van der Waals surface area (Å²) in [5, 5.41) is 2.66. The van der Waals surface area contributed by atoms with E-state index in [0.29, 0.717) is 11.4 Å². The Morgan fingerprint density at radius 3 is 2.56 bits per heavy atom. The Morgan fingerprint density at radius 1 is 1.20 bits per heavy atom. The van der Waals surface area contributed by atoms with Crippen molar-refractivity contribution >= 4 is 33.4 Å². The van der Waals surface area contributed by atoms with Crippen LogP contribution in [0.25, 0.3) is 0 Å². The van der Waals surface area contributed by atoms with Gasteiger partial charge >= 0.3 is 0 Å². The molecule has 134 valence electrons. The lowest BCUT2D eigenvalue weighted by Gasteiger charge is -2.13. The molecule has 1 amide bonds. The topological polar surface area (TPSA) is 84.5 Å². The third kappa shape index (κ3) is 4.97. The fourth-order valence-electron chi connectivity index (χ4n) is 2.25. The van der Waals surface area contributed by atoms with Crippen molar-refractivity contribution in [2.24, 2.45) is 0 Å². The number of methoxy groups -OCH3 is 1. The number of anilines is 1. The number of para-hydroxylation sites is 1. The van der Waals surface area contributed by atoms with Crippen molar-refractivity contribution in [3.8, 4) is 5.75 Å². The number of hydrogen-bond acceptors (Lipinski definition) is 5. The van der Waals surface area contributed by atoms with Crippen LogP contribution in [0.5, 0.6) is 5.75 Å². The van der Waals surface area contributed by atoms with Gasteiger partial charge in [-0.2, -0.15) is 0 Å². The van der Waals surface area contributed by atoms with Gasteiger partial charge in [0, 0.05) is 23.9 Å². The highest BCUT2D eigenvalue weighted by Gasteiger charge is 2.17. The first-order valence-electron chi connectivity index (χ1n) is 7.44. The number of ether oxygens (including phenoxy) is 1. The van der Waals surface area contributed by atoms with E-state index in [0.717, 1.165) is 10.5 Å². The molecule has 0 atom stereocenters. The summed E-state index contributed by atoms with van der Waals surface area (Å²) in [7, 11) is -2.20.